The Morgan fingerprint density at radius 2 is 1.88 bits per heavy atom. The zero-order valence-corrected chi connectivity index (χ0v) is 14.0. The van der Waals surface area contributed by atoms with Gasteiger partial charge in [0.05, 0.1) is 18.4 Å². The Morgan fingerprint density at radius 3 is 2.50 bits per heavy atom. The van der Waals surface area contributed by atoms with Crippen molar-refractivity contribution in [1.29, 1.82) is 0 Å². The minimum absolute atomic E-state index is 0.187. The van der Waals surface area contributed by atoms with Gasteiger partial charge in [0, 0.05) is 0 Å². The molecule has 1 aromatic heterocycles. The molecule has 0 saturated heterocycles. The van der Waals surface area contributed by atoms with Crippen LogP contribution in [0.3, 0.4) is 0 Å². The third-order valence-electron chi connectivity index (χ3n) is 3.45. The molecule has 2 atom stereocenters. The SMILES string of the molecule is Cc1ccc(OC(C)CNC(=O)C(C)NC(=O)c2ccoc2)cc1. The molecule has 2 aromatic rings. The number of benzene rings is 1. The van der Waals surface area contributed by atoms with Gasteiger partial charge in [0.15, 0.2) is 0 Å². The molecular weight excluding hydrogens is 308 g/mol. The van der Waals surface area contributed by atoms with Crippen LogP contribution in [0.25, 0.3) is 0 Å². The average molecular weight is 330 g/mol. The normalized spacial score (nSPS) is 13.0. The Balaban J connectivity index is 1.75. The molecule has 0 spiro atoms. The lowest BCUT2D eigenvalue weighted by atomic mass is 10.2. The van der Waals surface area contributed by atoms with Gasteiger partial charge in [-0.15, -0.1) is 0 Å². The fourth-order valence-corrected chi connectivity index (χ4v) is 2.03. The molecule has 1 aromatic carbocycles. The lowest BCUT2D eigenvalue weighted by molar-refractivity contribution is -0.122. The maximum absolute atomic E-state index is 12.0. The van der Waals surface area contributed by atoms with Crippen LogP contribution in [-0.2, 0) is 4.79 Å². The maximum Gasteiger partial charge on any atom is 0.255 e. The van der Waals surface area contributed by atoms with E-state index in [9.17, 15) is 9.59 Å². The molecule has 0 saturated carbocycles. The summed E-state index contributed by atoms with van der Waals surface area (Å²) >= 11 is 0. The second kappa shape index (κ2) is 8.19. The number of hydrogen-bond acceptors (Lipinski definition) is 4. The molecular formula is C18H22N2O4. The second-order valence-electron chi connectivity index (χ2n) is 5.69. The quantitative estimate of drug-likeness (QED) is 0.816. The predicted octanol–water partition coefficient (Wildman–Crippen LogP) is 2.29. The molecule has 2 unspecified atom stereocenters. The van der Waals surface area contributed by atoms with Gasteiger partial charge < -0.3 is 19.8 Å². The van der Waals surface area contributed by atoms with Crippen LogP contribution in [0, 0.1) is 6.92 Å². The van der Waals surface area contributed by atoms with Gasteiger partial charge in [0.1, 0.15) is 24.2 Å². The van der Waals surface area contributed by atoms with Crippen molar-refractivity contribution in [2.75, 3.05) is 6.54 Å². The van der Waals surface area contributed by atoms with Crippen LogP contribution in [-0.4, -0.2) is 30.5 Å². The molecule has 128 valence electrons. The first-order valence-electron chi connectivity index (χ1n) is 7.80. The van der Waals surface area contributed by atoms with Crippen LogP contribution < -0.4 is 15.4 Å². The first-order valence-corrected chi connectivity index (χ1v) is 7.80. The highest BCUT2D eigenvalue weighted by Gasteiger charge is 2.17. The lowest BCUT2D eigenvalue weighted by Gasteiger charge is -2.18. The lowest BCUT2D eigenvalue weighted by Crippen LogP contribution is -2.46. The molecule has 2 N–H and O–H groups in total. The van der Waals surface area contributed by atoms with Crippen molar-refractivity contribution in [3.63, 3.8) is 0 Å². The highest BCUT2D eigenvalue weighted by Crippen LogP contribution is 2.13. The molecule has 2 rings (SSSR count). The Labute approximate surface area is 141 Å². The van der Waals surface area contributed by atoms with Crippen molar-refractivity contribution in [3.8, 4) is 5.75 Å². The minimum Gasteiger partial charge on any atom is -0.489 e. The van der Waals surface area contributed by atoms with E-state index in [-0.39, 0.29) is 17.9 Å². The summed E-state index contributed by atoms with van der Waals surface area (Å²) in [6, 6.07) is 8.60. The van der Waals surface area contributed by atoms with Gasteiger partial charge >= 0.3 is 0 Å². The highest BCUT2D eigenvalue weighted by molar-refractivity contribution is 5.97. The van der Waals surface area contributed by atoms with Crippen molar-refractivity contribution in [1.82, 2.24) is 10.6 Å². The van der Waals surface area contributed by atoms with Crippen molar-refractivity contribution in [2.24, 2.45) is 0 Å². The summed E-state index contributed by atoms with van der Waals surface area (Å²) < 4.78 is 10.6. The number of furan rings is 1. The van der Waals surface area contributed by atoms with Crippen molar-refractivity contribution >= 4 is 11.8 Å². The van der Waals surface area contributed by atoms with E-state index in [1.807, 2.05) is 38.1 Å². The van der Waals surface area contributed by atoms with Crippen LogP contribution in [0.15, 0.2) is 47.3 Å². The van der Waals surface area contributed by atoms with Crippen LogP contribution in [0.5, 0.6) is 5.75 Å². The Hall–Kier alpha value is -2.76. The number of carbonyl (C=O) groups excluding carboxylic acids is 2. The van der Waals surface area contributed by atoms with E-state index >= 15 is 0 Å². The number of amides is 2. The predicted molar refractivity (Wildman–Crippen MR) is 89.9 cm³/mol. The third-order valence-corrected chi connectivity index (χ3v) is 3.45. The molecule has 6 nitrogen and oxygen atoms in total. The first kappa shape index (κ1) is 17.6. The van der Waals surface area contributed by atoms with Crippen LogP contribution in [0.1, 0.15) is 29.8 Å². The number of carbonyl (C=O) groups is 2. The summed E-state index contributed by atoms with van der Waals surface area (Å²) in [4.78, 5) is 23.9. The van der Waals surface area contributed by atoms with Gasteiger partial charge in [0.25, 0.3) is 5.91 Å². The van der Waals surface area contributed by atoms with Gasteiger partial charge in [-0.05, 0) is 39.0 Å². The Kier molecular flexibility index (Phi) is 6.01. The van der Waals surface area contributed by atoms with E-state index in [0.29, 0.717) is 12.1 Å². The summed E-state index contributed by atoms with van der Waals surface area (Å²) in [5.41, 5.74) is 1.54. The van der Waals surface area contributed by atoms with Gasteiger partial charge in [-0.3, -0.25) is 9.59 Å². The summed E-state index contributed by atoms with van der Waals surface area (Å²) in [7, 11) is 0. The van der Waals surface area contributed by atoms with Gasteiger partial charge in [-0.1, -0.05) is 17.7 Å². The molecule has 24 heavy (non-hydrogen) atoms. The van der Waals surface area contributed by atoms with Crippen LogP contribution in [0.2, 0.25) is 0 Å². The molecule has 0 radical (unpaired) electrons. The molecule has 1 heterocycles. The monoisotopic (exact) mass is 330 g/mol. The van der Waals surface area contributed by atoms with Crippen LogP contribution >= 0.6 is 0 Å². The summed E-state index contributed by atoms with van der Waals surface area (Å²) in [6.07, 6.45) is 2.55. The van der Waals surface area contributed by atoms with E-state index < -0.39 is 6.04 Å². The van der Waals surface area contributed by atoms with Gasteiger partial charge in [-0.25, -0.2) is 0 Å². The van der Waals surface area contributed by atoms with E-state index in [2.05, 4.69) is 10.6 Å². The number of hydrogen-bond donors (Lipinski definition) is 2. The van der Waals surface area contributed by atoms with Crippen molar-refractivity contribution < 1.29 is 18.7 Å². The Bertz CT molecular complexity index is 665. The zero-order chi connectivity index (χ0) is 17.5. The summed E-state index contributed by atoms with van der Waals surface area (Å²) in [6.45, 7) is 5.85. The minimum atomic E-state index is -0.654. The van der Waals surface area contributed by atoms with Gasteiger partial charge in [-0.2, -0.15) is 0 Å². The van der Waals surface area contributed by atoms with E-state index in [1.165, 1.54) is 18.6 Å². The van der Waals surface area contributed by atoms with Gasteiger partial charge in [0.2, 0.25) is 5.91 Å². The topological polar surface area (TPSA) is 80.6 Å². The molecule has 0 aliphatic rings. The standard InChI is InChI=1S/C18H22N2O4/c1-12-4-6-16(7-5-12)24-13(2)10-19-17(21)14(3)20-18(22)15-8-9-23-11-15/h4-9,11,13-14H,10H2,1-3H3,(H,19,21)(H,20,22). The number of rotatable bonds is 7. The smallest absolute Gasteiger partial charge is 0.255 e. The number of nitrogens with one attached hydrogen (secondary N) is 2. The summed E-state index contributed by atoms with van der Waals surface area (Å²) in [5, 5.41) is 5.37. The molecule has 2 amide bonds. The molecule has 0 fully saturated rings. The molecule has 6 heteroatoms. The van der Waals surface area contributed by atoms with E-state index in [0.717, 1.165) is 11.3 Å². The Morgan fingerprint density at radius 1 is 1.17 bits per heavy atom. The molecule has 0 bridgehead atoms. The average Bonchev–Trinajstić information content (AvgIpc) is 3.09. The maximum atomic E-state index is 12.0. The van der Waals surface area contributed by atoms with Crippen LogP contribution in [0.4, 0.5) is 0 Å². The molecule has 0 aliphatic carbocycles. The largest absolute Gasteiger partial charge is 0.489 e. The highest BCUT2D eigenvalue weighted by atomic mass is 16.5. The van der Waals surface area contributed by atoms with E-state index in [1.54, 1.807) is 6.92 Å². The fraction of sp³-hybridized carbons (Fsp3) is 0.333. The van der Waals surface area contributed by atoms with E-state index in [4.69, 9.17) is 9.15 Å². The van der Waals surface area contributed by atoms with Crippen molar-refractivity contribution in [3.05, 3.63) is 54.0 Å². The number of aryl methyl sites for hydroxylation is 1. The zero-order valence-electron chi connectivity index (χ0n) is 14.0. The second-order valence-corrected chi connectivity index (χ2v) is 5.69. The third kappa shape index (κ3) is 5.15. The fourth-order valence-electron chi connectivity index (χ4n) is 2.03. The van der Waals surface area contributed by atoms with Crippen molar-refractivity contribution in [2.45, 2.75) is 32.9 Å². The first-order chi connectivity index (χ1) is 11.5. The summed E-state index contributed by atoms with van der Waals surface area (Å²) in [5.74, 6) is 0.130. The molecule has 0 aliphatic heterocycles. The number of ether oxygens (including phenoxy) is 1.